The molecule has 0 fully saturated rings. The van der Waals surface area contributed by atoms with E-state index < -0.39 is 0 Å². The van der Waals surface area contributed by atoms with Gasteiger partial charge in [0.1, 0.15) is 0 Å². The molecule has 0 heterocycles. The smallest absolute Gasteiger partial charge is 1.00 e. The van der Waals surface area contributed by atoms with E-state index in [1.165, 1.54) is 0 Å². The number of hydrazine groups is 1. The predicted octanol–water partition coefficient (Wildman–Crippen LogP) is -6.91. The van der Waals surface area contributed by atoms with Crippen LogP contribution in [0.15, 0.2) is 0 Å². The molecule has 2 nitrogen and oxygen atoms in total. The average Bonchev–Trinajstić information content (AvgIpc) is 0.918. The van der Waals surface area contributed by atoms with Crippen LogP contribution < -0.4 is 70.4 Å². The summed E-state index contributed by atoms with van der Waals surface area (Å²) in [5, 5.41) is 0. The van der Waals surface area contributed by atoms with Gasteiger partial charge in [0.15, 0.2) is 0 Å². The molecule has 0 saturated heterocycles. The van der Waals surface area contributed by atoms with Crippen molar-refractivity contribution >= 4 is 13.5 Å². The number of rotatable bonds is 0. The molecular formula is CH6N2Na2S. The molecule has 0 radical (unpaired) electrons. The summed E-state index contributed by atoms with van der Waals surface area (Å²) in [4.78, 5) is 0. The molecule has 28 valence electrons. The molecule has 5 heteroatoms. The second-order valence-electron chi connectivity index (χ2n) is 0.289. The summed E-state index contributed by atoms with van der Waals surface area (Å²) in [5.41, 5.74) is 2.25. The topological polar surface area (TPSA) is 38.0 Å². The molecule has 0 aliphatic rings. The Morgan fingerprint density at radius 2 is 1.33 bits per heavy atom. The van der Waals surface area contributed by atoms with Crippen LogP contribution in [0.2, 0.25) is 0 Å². The van der Waals surface area contributed by atoms with E-state index >= 15 is 0 Å². The average molecular weight is 124 g/mol. The van der Waals surface area contributed by atoms with Crippen LogP contribution in [-0.4, -0.2) is 7.05 Å². The van der Waals surface area contributed by atoms with Crippen molar-refractivity contribution in [3.05, 3.63) is 0 Å². The van der Waals surface area contributed by atoms with Crippen LogP contribution >= 0.6 is 0 Å². The second kappa shape index (κ2) is 26.7. The maximum atomic E-state index is 4.60. The van der Waals surface area contributed by atoms with E-state index in [1.807, 2.05) is 0 Å². The summed E-state index contributed by atoms with van der Waals surface area (Å²) in [6, 6.07) is 0. The van der Waals surface area contributed by atoms with Crippen LogP contribution in [0.1, 0.15) is 0 Å². The van der Waals surface area contributed by atoms with Gasteiger partial charge >= 0.3 is 59.1 Å². The molecule has 0 amide bonds. The molecule has 0 saturated carbocycles. The first-order valence-corrected chi connectivity index (χ1v) is 0.789. The molecule has 6 heavy (non-hydrogen) atoms. The van der Waals surface area contributed by atoms with Crippen LogP contribution in [0.3, 0.4) is 0 Å². The van der Waals surface area contributed by atoms with E-state index in [9.17, 15) is 0 Å². The first kappa shape index (κ1) is 24.0. The van der Waals surface area contributed by atoms with Crippen molar-refractivity contribution in [1.29, 1.82) is 0 Å². The molecule has 0 bridgehead atoms. The van der Waals surface area contributed by atoms with Gasteiger partial charge in [-0.25, -0.2) is 0 Å². The van der Waals surface area contributed by atoms with Gasteiger partial charge < -0.3 is 13.5 Å². The SMILES string of the molecule is CNN.[Na+].[Na+].[S-2]. The molecule has 0 aromatic heterocycles. The summed E-state index contributed by atoms with van der Waals surface area (Å²) < 4.78 is 0. The van der Waals surface area contributed by atoms with Gasteiger partial charge in [-0.1, -0.05) is 0 Å². The molecule has 0 atom stereocenters. The Bertz CT molecular complexity index is 11.5. The largest absolute Gasteiger partial charge is 2.00 e. The van der Waals surface area contributed by atoms with Crippen LogP contribution in [0.25, 0.3) is 0 Å². The third-order valence-corrected chi connectivity index (χ3v) is 0. The van der Waals surface area contributed by atoms with Crippen LogP contribution in [0, 0.1) is 0 Å². The number of nitrogens with one attached hydrogen (secondary N) is 1. The molecular weight excluding hydrogens is 118 g/mol. The van der Waals surface area contributed by atoms with Gasteiger partial charge in [0.2, 0.25) is 0 Å². The summed E-state index contributed by atoms with van der Waals surface area (Å²) in [6.07, 6.45) is 0. The molecule has 0 aliphatic carbocycles. The molecule has 0 rings (SSSR count). The standard InChI is InChI=1S/CH6N2.2Na.S/c1-3-2;;;/h3H,2H2,1H3;;;/q;2*+1;-2. The molecule has 0 spiro atoms. The molecule has 0 aromatic carbocycles. The Kier molecular flexibility index (Phi) is 107. The van der Waals surface area contributed by atoms with E-state index in [0.717, 1.165) is 0 Å². The van der Waals surface area contributed by atoms with Gasteiger partial charge in [-0.05, 0) is 7.05 Å². The summed E-state index contributed by atoms with van der Waals surface area (Å²) >= 11 is 0. The first-order chi connectivity index (χ1) is 1.41. The Morgan fingerprint density at radius 3 is 1.33 bits per heavy atom. The van der Waals surface area contributed by atoms with Crippen LogP contribution in [0.5, 0.6) is 0 Å². The maximum Gasteiger partial charge on any atom is 1.00 e. The van der Waals surface area contributed by atoms with Crippen molar-refractivity contribution in [3.8, 4) is 0 Å². The van der Waals surface area contributed by atoms with Crippen molar-refractivity contribution in [1.82, 2.24) is 5.43 Å². The van der Waals surface area contributed by atoms with Crippen LogP contribution in [-0.2, 0) is 13.5 Å². The summed E-state index contributed by atoms with van der Waals surface area (Å²) in [7, 11) is 1.65. The van der Waals surface area contributed by atoms with Gasteiger partial charge in [-0.3, -0.25) is 11.3 Å². The number of hydrogen-bond acceptors (Lipinski definition) is 2. The number of nitrogens with two attached hydrogens (primary N) is 1. The van der Waals surface area contributed by atoms with Gasteiger partial charge in [0.25, 0.3) is 0 Å². The normalized spacial score (nSPS) is 3.00. The van der Waals surface area contributed by atoms with Crippen molar-refractivity contribution in [3.63, 3.8) is 0 Å². The second-order valence-corrected chi connectivity index (χ2v) is 0.289. The first-order valence-electron chi connectivity index (χ1n) is 0.789. The Balaban J connectivity index is -0.00000000667. The van der Waals surface area contributed by atoms with E-state index in [-0.39, 0.29) is 72.6 Å². The Hall–Kier alpha value is 2.27. The molecule has 0 unspecified atom stereocenters. The fraction of sp³-hybridized carbons (Fsp3) is 1.00. The van der Waals surface area contributed by atoms with E-state index in [2.05, 4.69) is 11.3 Å². The maximum absolute atomic E-state index is 4.60. The minimum Gasteiger partial charge on any atom is -2.00 e. The minimum absolute atomic E-state index is 0. The van der Waals surface area contributed by atoms with E-state index in [4.69, 9.17) is 0 Å². The Morgan fingerprint density at radius 1 is 1.33 bits per heavy atom. The zero-order chi connectivity index (χ0) is 2.71. The molecule has 0 aliphatic heterocycles. The zero-order valence-corrected chi connectivity index (χ0v) is 9.30. The van der Waals surface area contributed by atoms with Crippen molar-refractivity contribution < 1.29 is 59.1 Å². The quantitative estimate of drug-likeness (QED) is 0.191. The fourth-order valence-corrected chi connectivity index (χ4v) is 0. The van der Waals surface area contributed by atoms with Crippen molar-refractivity contribution in [2.75, 3.05) is 7.05 Å². The van der Waals surface area contributed by atoms with E-state index in [0.29, 0.717) is 0 Å². The van der Waals surface area contributed by atoms with Crippen LogP contribution in [0.4, 0.5) is 0 Å². The fourth-order valence-electron chi connectivity index (χ4n) is 0. The van der Waals surface area contributed by atoms with Gasteiger partial charge in [0, 0.05) is 0 Å². The molecule has 0 aromatic rings. The van der Waals surface area contributed by atoms with Gasteiger partial charge in [-0.15, -0.1) is 0 Å². The monoisotopic (exact) mass is 124 g/mol. The number of hydrogen-bond donors (Lipinski definition) is 2. The minimum atomic E-state index is 0. The predicted molar refractivity (Wildman–Crippen MR) is 20.6 cm³/mol. The zero-order valence-electron chi connectivity index (χ0n) is 4.49. The van der Waals surface area contributed by atoms with Gasteiger partial charge in [-0.2, -0.15) is 0 Å². The van der Waals surface area contributed by atoms with E-state index in [1.54, 1.807) is 7.05 Å². The van der Waals surface area contributed by atoms with Gasteiger partial charge in [0.05, 0.1) is 0 Å². The third-order valence-electron chi connectivity index (χ3n) is 0. The summed E-state index contributed by atoms with van der Waals surface area (Å²) in [6.45, 7) is 0. The molecule has 3 N–H and O–H groups in total. The summed E-state index contributed by atoms with van der Waals surface area (Å²) in [5.74, 6) is 4.60. The van der Waals surface area contributed by atoms with Crippen molar-refractivity contribution in [2.45, 2.75) is 0 Å². The Labute approximate surface area is 89.6 Å². The van der Waals surface area contributed by atoms with Crippen molar-refractivity contribution in [2.24, 2.45) is 5.84 Å². The third kappa shape index (κ3) is 33.8.